The third kappa shape index (κ3) is 4.37. The average Bonchev–Trinajstić information content (AvgIpc) is 3.33. The number of hydrogen-bond acceptors (Lipinski definition) is 4. The van der Waals surface area contributed by atoms with E-state index in [1.807, 2.05) is 48.7 Å². The fourth-order valence-corrected chi connectivity index (χ4v) is 3.23. The van der Waals surface area contributed by atoms with E-state index < -0.39 is 6.04 Å². The number of nitrogens with one attached hydrogen (secondary N) is 2. The zero-order valence-electron chi connectivity index (χ0n) is 14.4. The summed E-state index contributed by atoms with van der Waals surface area (Å²) in [5, 5.41) is 11.7. The zero-order chi connectivity index (χ0) is 18.4. The van der Waals surface area contributed by atoms with Crippen LogP contribution < -0.4 is 10.6 Å². The summed E-state index contributed by atoms with van der Waals surface area (Å²) in [5.74, 6) is 0.0926. The minimum absolute atomic E-state index is 0.250. The molecule has 0 aliphatic carbocycles. The van der Waals surface area contributed by atoms with Crippen LogP contribution in [0.15, 0.2) is 60.1 Å². The number of carbonyl (C=O) groups is 2. The fraction of sp³-hybridized carbons (Fsp3) is 0.211. The summed E-state index contributed by atoms with van der Waals surface area (Å²) in [7, 11) is 0. The molecule has 2 N–H and O–H groups in total. The molecule has 7 heteroatoms. The van der Waals surface area contributed by atoms with Crippen LogP contribution in [0.3, 0.4) is 0 Å². The maximum absolute atomic E-state index is 12.8. The van der Waals surface area contributed by atoms with Crippen LogP contribution in [0, 0.1) is 0 Å². The highest BCUT2D eigenvalue weighted by molar-refractivity contribution is 7.12. The Morgan fingerprint density at radius 3 is 2.65 bits per heavy atom. The monoisotopic (exact) mass is 368 g/mol. The van der Waals surface area contributed by atoms with Crippen LogP contribution >= 0.6 is 11.3 Å². The standard InChI is InChI=1S/C19H20N4O2S/c1-2-23-17(10-11-20-23)22-18(24)15(13-14-7-4-3-5-8-14)21-19(25)16-9-6-12-26-16/h3-12,15H,2,13H2,1H3,(H,21,25)(H,22,24). The average molecular weight is 368 g/mol. The predicted molar refractivity (Wildman–Crippen MR) is 102 cm³/mol. The first-order valence-corrected chi connectivity index (χ1v) is 9.26. The van der Waals surface area contributed by atoms with E-state index in [4.69, 9.17) is 0 Å². The van der Waals surface area contributed by atoms with E-state index in [0.29, 0.717) is 23.7 Å². The lowest BCUT2D eigenvalue weighted by atomic mass is 10.1. The Labute approximate surface area is 155 Å². The second-order valence-corrected chi connectivity index (χ2v) is 6.66. The van der Waals surface area contributed by atoms with Gasteiger partial charge in [-0.3, -0.25) is 9.59 Å². The smallest absolute Gasteiger partial charge is 0.262 e. The number of nitrogens with zero attached hydrogens (tertiary/aromatic N) is 2. The Morgan fingerprint density at radius 1 is 1.15 bits per heavy atom. The van der Waals surface area contributed by atoms with Gasteiger partial charge in [-0.05, 0) is 23.9 Å². The van der Waals surface area contributed by atoms with E-state index in [1.54, 1.807) is 23.0 Å². The number of carbonyl (C=O) groups excluding carboxylic acids is 2. The molecule has 3 aromatic rings. The Kier molecular flexibility index (Phi) is 5.80. The molecule has 3 rings (SSSR count). The summed E-state index contributed by atoms with van der Waals surface area (Å²) in [5.41, 5.74) is 0.975. The number of benzene rings is 1. The first kappa shape index (κ1) is 17.9. The van der Waals surface area contributed by atoms with Crippen molar-refractivity contribution in [2.24, 2.45) is 0 Å². The van der Waals surface area contributed by atoms with Gasteiger partial charge < -0.3 is 10.6 Å². The van der Waals surface area contributed by atoms with Crippen LogP contribution in [0.5, 0.6) is 0 Å². The van der Waals surface area contributed by atoms with Gasteiger partial charge in [0, 0.05) is 19.0 Å². The van der Waals surface area contributed by atoms with Crippen LogP contribution in [0.1, 0.15) is 22.2 Å². The number of aromatic nitrogens is 2. The number of anilines is 1. The molecular weight excluding hydrogens is 348 g/mol. The molecule has 0 bridgehead atoms. The normalized spacial score (nSPS) is 11.7. The molecule has 26 heavy (non-hydrogen) atoms. The summed E-state index contributed by atoms with van der Waals surface area (Å²) >= 11 is 1.34. The molecule has 0 aliphatic rings. The number of thiophene rings is 1. The first-order valence-electron chi connectivity index (χ1n) is 8.38. The van der Waals surface area contributed by atoms with Crippen molar-refractivity contribution in [3.63, 3.8) is 0 Å². The maximum Gasteiger partial charge on any atom is 0.262 e. The summed E-state index contributed by atoms with van der Waals surface area (Å²) in [6, 6.07) is 14.2. The van der Waals surface area contributed by atoms with Gasteiger partial charge in [-0.1, -0.05) is 36.4 Å². The van der Waals surface area contributed by atoms with E-state index in [0.717, 1.165) is 5.56 Å². The summed E-state index contributed by atoms with van der Waals surface area (Å²) in [4.78, 5) is 25.8. The van der Waals surface area contributed by atoms with E-state index >= 15 is 0 Å². The highest BCUT2D eigenvalue weighted by Crippen LogP contribution is 2.12. The molecule has 1 unspecified atom stereocenters. The van der Waals surface area contributed by atoms with Crippen LogP contribution in [0.2, 0.25) is 0 Å². The largest absolute Gasteiger partial charge is 0.339 e. The zero-order valence-corrected chi connectivity index (χ0v) is 15.2. The van der Waals surface area contributed by atoms with Gasteiger partial charge in [0.25, 0.3) is 5.91 Å². The third-order valence-corrected chi connectivity index (χ3v) is 4.79. The van der Waals surface area contributed by atoms with Gasteiger partial charge in [-0.15, -0.1) is 11.3 Å². The molecule has 2 heterocycles. The van der Waals surface area contributed by atoms with Crippen molar-refractivity contribution >= 4 is 29.0 Å². The molecule has 0 aliphatic heterocycles. The van der Waals surface area contributed by atoms with E-state index in [1.165, 1.54) is 11.3 Å². The Morgan fingerprint density at radius 2 is 1.96 bits per heavy atom. The van der Waals surface area contributed by atoms with Gasteiger partial charge in [0.05, 0.1) is 11.1 Å². The predicted octanol–water partition coefficient (Wildman–Crippen LogP) is 2.94. The second kappa shape index (κ2) is 8.44. The SMILES string of the molecule is CCn1nccc1NC(=O)C(Cc1ccccc1)NC(=O)c1cccs1. The molecule has 0 radical (unpaired) electrons. The molecule has 0 saturated carbocycles. The van der Waals surface area contributed by atoms with Crippen molar-refractivity contribution in [3.8, 4) is 0 Å². The van der Waals surface area contributed by atoms with Crippen LogP contribution in [0.25, 0.3) is 0 Å². The highest BCUT2D eigenvalue weighted by atomic mass is 32.1. The van der Waals surface area contributed by atoms with E-state index in [-0.39, 0.29) is 11.8 Å². The lowest BCUT2D eigenvalue weighted by molar-refractivity contribution is -0.118. The van der Waals surface area contributed by atoms with Crippen LogP contribution in [0.4, 0.5) is 5.82 Å². The summed E-state index contributed by atoms with van der Waals surface area (Å²) in [6.07, 6.45) is 2.04. The van der Waals surface area contributed by atoms with Crippen molar-refractivity contribution in [2.45, 2.75) is 25.9 Å². The Bertz CT molecular complexity index is 859. The Hall–Kier alpha value is -2.93. The second-order valence-electron chi connectivity index (χ2n) is 5.71. The first-order chi connectivity index (χ1) is 12.7. The highest BCUT2D eigenvalue weighted by Gasteiger charge is 2.23. The summed E-state index contributed by atoms with van der Waals surface area (Å²) in [6.45, 7) is 2.59. The lowest BCUT2D eigenvalue weighted by Crippen LogP contribution is -2.45. The lowest BCUT2D eigenvalue weighted by Gasteiger charge is -2.18. The van der Waals surface area contributed by atoms with E-state index in [9.17, 15) is 9.59 Å². The Balaban J connectivity index is 1.77. The van der Waals surface area contributed by atoms with Crippen molar-refractivity contribution in [3.05, 3.63) is 70.5 Å². The van der Waals surface area contributed by atoms with Gasteiger partial charge in [0.1, 0.15) is 11.9 Å². The number of rotatable bonds is 7. The summed E-state index contributed by atoms with van der Waals surface area (Å²) < 4.78 is 1.69. The maximum atomic E-state index is 12.8. The molecule has 0 saturated heterocycles. The number of amides is 2. The number of aryl methyl sites for hydroxylation is 1. The fourth-order valence-electron chi connectivity index (χ4n) is 2.60. The molecule has 1 aromatic carbocycles. The minimum Gasteiger partial charge on any atom is -0.339 e. The molecule has 2 amide bonds. The van der Waals surface area contributed by atoms with Crippen molar-refractivity contribution in [1.82, 2.24) is 15.1 Å². The van der Waals surface area contributed by atoms with Gasteiger partial charge in [0.2, 0.25) is 5.91 Å². The van der Waals surface area contributed by atoms with Gasteiger partial charge in [0.15, 0.2) is 0 Å². The van der Waals surface area contributed by atoms with E-state index in [2.05, 4.69) is 15.7 Å². The molecule has 6 nitrogen and oxygen atoms in total. The molecule has 2 aromatic heterocycles. The quantitative estimate of drug-likeness (QED) is 0.673. The topological polar surface area (TPSA) is 76.0 Å². The van der Waals surface area contributed by atoms with Gasteiger partial charge in [-0.25, -0.2) is 4.68 Å². The molecule has 0 spiro atoms. The molecular formula is C19H20N4O2S. The van der Waals surface area contributed by atoms with Crippen molar-refractivity contribution in [1.29, 1.82) is 0 Å². The molecule has 134 valence electrons. The number of hydrogen-bond donors (Lipinski definition) is 2. The van der Waals surface area contributed by atoms with Crippen LogP contribution in [-0.2, 0) is 17.8 Å². The minimum atomic E-state index is -0.688. The molecule has 0 fully saturated rings. The van der Waals surface area contributed by atoms with Crippen molar-refractivity contribution < 1.29 is 9.59 Å². The third-order valence-electron chi connectivity index (χ3n) is 3.92. The van der Waals surface area contributed by atoms with Gasteiger partial charge in [-0.2, -0.15) is 5.10 Å². The van der Waals surface area contributed by atoms with Crippen LogP contribution in [-0.4, -0.2) is 27.6 Å². The van der Waals surface area contributed by atoms with Gasteiger partial charge >= 0.3 is 0 Å². The van der Waals surface area contributed by atoms with Crippen molar-refractivity contribution in [2.75, 3.05) is 5.32 Å². The molecule has 1 atom stereocenters.